The number of carbonyl (C=O) groups excluding carboxylic acids is 1. The van der Waals surface area contributed by atoms with Gasteiger partial charge in [0.05, 0.1) is 12.1 Å². The third-order valence-corrected chi connectivity index (χ3v) is 6.84. The zero-order valence-electron chi connectivity index (χ0n) is 13.9. The quantitative estimate of drug-likeness (QED) is 0.818. The first kappa shape index (κ1) is 16.3. The average Bonchev–Trinajstić information content (AvgIpc) is 3.00. The Bertz CT molecular complexity index is 996. The van der Waals surface area contributed by atoms with Crippen LogP contribution < -0.4 is 0 Å². The van der Waals surface area contributed by atoms with Crippen molar-refractivity contribution in [1.29, 1.82) is 0 Å². The highest BCUT2D eigenvalue weighted by Crippen LogP contribution is 2.36. The molecule has 1 aromatic heterocycles. The first-order valence-corrected chi connectivity index (χ1v) is 9.56. The molecule has 0 N–H and O–H groups in total. The van der Waals surface area contributed by atoms with Gasteiger partial charge in [-0.15, -0.1) is 0 Å². The Hall–Kier alpha value is -2.22. The second-order valence-electron chi connectivity index (χ2n) is 6.80. The van der Waals surface area contributed by atoms with Crippen molar-refractivity contribution in [3.8, 4) is 0 Å². The Kier molecular flexibility index (Phi) is 3.50. The van der Waals surface area contributed by atoms with E-state index >= 15 is 0 Å². The van der Waals surface area contributed by atoms with E-state index in [4.69, 9.17) is 4.52 Å². The van der Waals surface area contributed by atoms with E-state index in [9.17, 15) is 17.6 Å². The number of fused-ring (bicyclic) bond motifs is 2. The molecule has 2 heterocycles. The standard InChI is InChI=1S/C17H17FN2O4S/c1-9-3-4-15-12(5-9)14(19-24-15)8-20-17(21)13-7-11(18)6-10(2)16(13)25(20,22)23/h6-7,9H,3-5,8H2,1-2H3. The molecule has 0 saturated carbocycles. The van der Waals surface area contributed by atoms with Crippen molar-refractivity contribution in [3.63, 3.8) is 0 Å². The topological polar surface area (TPSA) is 80.5 Å². The molecule has 1 unspecified atom stereocenters. The Labute approximate surface area is 144 Å². The Morgan fingerprint density at radius 1 is 1.40 bits per heavy atom. The molecule has 8 heteroatoms. The van der Waals surface area contributed by atoms with E-state index in [1.54, 1.807) is 0 Å². The lowest BCUT2D eigenvalue weighted by molar-refractivity contribution is 0.0862. The number of aryl methyl sites for hydroxylation is 2. The summed E-state index contributed by atoms with van der Waals surface area (Å²) in [6, 6.07) is 2.09. The fourth-order valence-electron chi connectivity index (χ4n) is 3.64. The van der Waals surface area contributed by atoms with E-state index in [0.717, 1.165) is 47.0 Å². The third-order valence-electron chi connectivity index (χ3n) is 4.91. The molecule has 6 nitrogen and oxygen atoms in total. The molecule has 1 aromatic carbocycles. The highest BCUT2D eigenvalue weighted by atomic mass is 32.2. The number of halogens is 1. The van der Waals surface area contributed by atoms with Gasteiger partial charge in [0.25, 0.3) is 15.9 Å². The summed E-state index contributed by atoms with van der Waals surface area (Å²) in [6.07, 6.45) is 2.50. The number of nitrogens with zero attached hydrogens (tertiary/aromatic N) is 2. The molecule has 0 spiro atoms. The summed E-state index contributed by atoms with van der Waals surface area (Å²) in [6.45, 7) is 3.40. The molecular formula is C17H17FN2O4S. The Balaban J connectivity index is 1.75. The van der Waals surface area contributed by atoms with Gasteiger partial charge in [0, 0.05) is 12.0 Å². The van der Waals surface area contributed by atoms with Crippen molar-refractivity contribution >= 4 is 15.9 Å². The van der Waals surface area contributed by atoms with Crippen molar-refractivity contribution < 1.29 is 22.1 Å². The lowest BCUT2D eigenvalue weighted by Gasteiger charge is -2.18. The van der Waals surface area contributed by atoms with Crippen LogP contribution in [0.25, 0.3) is 0 Å². The van der Waals surface area contributed by atoms with Crippen molar-refractivity contribution in [2.45, 2.75) is 44.6 Å². The molecule has 0 saturated heterocycles. The predicted molar refractivity (Wildman–Crippen MR) is 85.9 cm³/mol. The molecule has 0 bridgehead atoms. The Morgan fingerprint density at radius 2 is 2.16 bits per heavy atom. The Morgan fingerprint density at radius 3 is 2.92 bits per heavy atom. The van der Waals surface area contributed by atoms with Crippen LogP contribution in [0.2, 0.25) is 0 Å². The van der Waals surface area contributed by atoms with Gasteiger partial charge in [-0.25, -0.2) is 17.1 Å². The zero-order chi connectivity index (χ0) is 17.9. The molecule has 1 atom stereocenters. The smallest absolute Gasteiger partial charge is 0.269 e. The van der Waals surface area contributed by atoms with Gasteiger partial charge in [-0.3, -0.25) is 4.79 Å². The van der Waals surface area contributed by atoms with Gasteiger partial charge in [0.2, 0.25) is 0 Å². The van der Waals surface area contributed by atoms with Crippen LogP contribution >= 0.6 is 0 Å². The van der Waals surface area contributed by atoms with Crippen molar-refractivity contribution in [2.24, 2.45) is 5.92 Å². The molecule has 0 fully saturated rings. The summed E-state index contributed by atoms with van der Waals surface area (Å²) in [5.41, 5.74) is 1.45. The summed E-state index contributed by atoms with van der Waals surface area (Å²) >= 11 is 0. The minimum absolute atomic E-state index is 0.121. The van der Waals surface area contributed by atoms with Crippen molar-refractivity contribution in [2.75, 3.05) is 0 Å². The van der Waals surface area contributed by atoms with Gasteiger partial charge < -0.3 is 4.52 Å². The maximum atomic E-state index is 13.6. The summed E-state index contributed by atoms with van der Waals surface area (Å²) in [5.74, 6) is -0.144. The normalized spacial score (nSPS) is 21.3. The first-order valence-electron chi connectivity index (χ1n) is 8.12. The molecule has 4 rings (SSSR count). The largest absolute Gasteiger partial charge is 0.361 e. The molecule has 132 valence electrons. The van der Waals surface area contributed by atoms with Crippen LogP contribution in [0.5, 0.6) is 0 Å². The van der Waals surface area contributed by atoms with Crippen LogP contribution in [-0.4, -0.2) is 23.8 Å². The van der Waals surface area contributed by atoms with E-state index in [1.165, 1.54) is 6.92 Å². The van der Waals surface area contributed by atoms with Crippen molar-refractivity contribution in [3.05, 3.63) is 46.1 Å². The summed E-state index contributed by atoms with van der Waals surface area (Å²) in [5, 5.41) is 3.99. The number of benzene rings is 1. The van der Waals surface area contributed by atoms with E-state index in [0.29, 0.717) is 11.6 Å². The monoisotopic (exact) mass is 364 g/mol. The van der Waals surface area contributed by atoms with Gasteiger partial charge in [-0.1, -0.05) is 12.1 Å². The van der Waals surface area contributed by atoms with Crippen LogP contribution in [-0.2, 0) is 29.4 Å². The number of hydrogen-bond donors (Lipinski definition) is 0. The molecule has 25 heavy (non-hydrogen) atoms. The summed E-state index contributed by atoms with van der Waals surface area (Å²) < 4.78 is 45.3. The van der Waals surface area contributed by atoms with E-state index < -0.39 is 21.7 Å². The predicted octanol–water partition coefficient (Wildman–Crippen LogP) is 2.59. The number of carbonyl (C=O) groups is 1. The summed E-state index contributed by atoms with van der Waals surface area (Å²) in [7, 11) is -4.02. The minimum Gasteiger partial charge on any atom is -0.361 e. The van der Waals surface area contributed by atoms with Gasteiger partial charge in [0.15, 0.2) is 0 Å². The molecule has 1 amide bonds. The number of rotatable bonds is 2. The van der Waals surface area contributed by atoms with E-state index in [2.05, 4.69) is 12.1 Å². The van der Waals surface area contributed by atoms with Gasteiger partial charge >= 0.3 is 0 Å². The molecule has 1 aliphatic carbocycles. The fraction of sp³-hybridized carbons (Fsp3) is 0.412. The van der Waals surface area contributed by atoms with Gasteiger partial charge in [-0.2, -0.15) is 0 Å². The third kappa shape index (κ3) is 2.38. The second kappa shape index (κ2) is 5.39. The molecule has 2 aliphatic rings. The van der Waals surface area contributed by atoms with Crippen LogP contribution in [0.1, 0.15) is 46.3 Å². The van der Waals surface area contributed by atoms with E-state index in [-0.39, 0.29) is 22.6 Å². The maximum Gasteiger partial charge on any atom is 0.269 e. The van der Waals surface area contributed by atoms with Crippen LogP contribution in [0.4, 0.5) is 4.39 Å². The molecule has 1 aliphatic heterocycles. The SMILES string of the molecule is Cc1cc(F)cc2c1S(=O)(=O)N(Cc1noc3c1CC(C)CC3)C2=O. The van der Waals surface area contributed by atoms with E-state index in [1.807, 2.05) is 0 Å². The molecule has 2 aromatic rings. The average molecular weight is 364 g/mol. The lowest BCUT2D eigenvalue weighted by atomic mass is 9.88. The van der Waals surface area contributed by atoms with Crippen LogP contribution in [0.15, 0.2) is 21.6 Å². The zero-order valence-corrected chi connectivity index (χ0v) is 14.7. The first-order chi connectivity index (χ1) is 11.8. The second-order valence-corrected chi connectivity index (χ2v) is 8.59. The lowest BCUT2D eigenvalue weighted by Crippen LogP contribution is -2.30. The van der Waals surface area contributed by atoms with Gasteiger partial charge in [0.1, 0.15) is 22.2 Å². The fourth-order valence-corrected chi connectivity index (χ4v) is 5.36. The van der Waals surface area contributed by atoms with Crippen molar-refractivity contribution in [1.82, 2.24) is 9.46 Å². The highest BCUT2D eigenvalue weighted by molar-refractivity contribution is 7.90. The minimum atomic E-state index is -4.02. The maximum absolute atomic E-state index is 13.6. The number of hydrogen-bond acceptors (Lipinski definition) is 5. The van der Waals surface area contributed by atoms with Crippen LogP contribution in [0.3, 0.4) is 0 Å². The molecular weight excluding hydrogens is 347 g/mol. The number of aromatic nitrogens is 1. The number of amides is 1. The number of sulfonamides is 1. The van der Waals surface area contributed by atoms with Crippen LogP contribution in [0, 0.1) is 18.7 Å². The van der Waals surface area contributed by atoms with Gasteiger partial charge in [-0.05, 0) is 43.4 Å². The summed E-state index contributed by atoms with van der Waals surface area (Å²) in [4.78, 5) is 12.5. The molecule has 0 radical (unpaired) electrons. The highest BCUT2D eigenvalue weighted by Gasteiger charge is 2.43.